The summed E-state index contributed by atoms with van der Waals surface area (Å²) in [6.45, 7) is 1.58. The molecule has 0 spiro atoms. The molecular formula is C23H21N3O4S. The number of fused-ring (bicyclic) bond motifs is 1. The molecule has 4 aromatic rings. The van der Waals surface area contributed by atoms with Crippen LogP contribution in [0.2, 0.25) is 0 Å². The van der Waals surface area contributed by atoms with Gasteiger partial charge in [0.25, 0.3) is 5.56 Å². The highest BCUT2D eigenvalue weighted by Gasteiger charge is 2.17. The zero-order valence-corrected chi connectivity index (χ0v) is 18.2. The second-order valence-electron chi connectivity index (χ2n) is 6.86. The maximum atomic E-state index is 13.3. The molecule has 0 aliphatic carbocycles. The van der Waals surface area contributed by atoms with E-state index in [0.717, 1.165) is 16.9 Å². The molecule has 0 aliphatic heterocycles. The van der Waals surface area contributed by atoms with Gasteiger partial charge in [-0.2, -0.15) is 0 Å². The molecule has 31 heavy (non-hydrogen) atoms. The number of carbonyl (C=O) groups excluding carboxylic acids is 1. The summed E-state index contributed by atoms with van der Waals surface area (Å²) in [7, 11) is 3.14. The van der Waals surface area contributed by atoms with Gasteiger partial charge in [-0.15, -0.1) is 11.3 Å². The fourth-order valence-corrected chi connectivity index (χ4v) is 4.36. The summed E-state index contributed by atoms with van der Waals surface area (Å²) < 4.78 is 11.9. The molecule has 0 unspecified atom stereocenters. The topological polar surface area (TPSA) is 82.5 Å². The van der Waals surface area contributed by atoms with Gasteiger partial charge in [0.1, 0.15) is 28.7 Å². The highest BCUT2D eigenvalue weighted by atomic mass is 32.1. The quantitative estimate of drug-likeness (QED) is 0.493. The van der Waals surface area contributed by atoms with Gasteiger partial charge < -0.3 is 14.8 Å². The van der Waals surface area contributed by atoms with Crippen LogP contribution in [-0.4, -0.2) is 29.7 Å². The van der Waals surface area contributed by atoms with Crippen molar-refractivity contribution in [1.82, 2.24) is 9.55 Å². The Labute approximate surface area is 182 Å². The minimum Gasteiger partial charge on any atom is -0.497 e. The molecule has 1 N–H and O–H groups in total. The van der Waals surface area contributed by atoms with Crippen LogP contribution in [0, 0.1) is 6.92 Å². The minimum atomic E-state index is -0.336. The summed E-state index contributed by atoms with van der Waals surface area (Å²) in [5, 5.41) is 5.22. The van der Waals surface area contributed by atoms with E-state index in [2.05, 4.69) is 10.3 Å². The van der Waals surface area contributed by atoms with E-state index in [1.54, 1.807) is 32.2 Å². The van der Waals surface area contributed by atoms with Crippen LogP contribution in [0.15, 0.2) is 58.7 Å². The number of amides is 1. The van der Waals surface area contributed by atoms with Crippen LogP contribution in [0.3, 0.4) is 0 Å². The Morgan fingerprint density at radius 3 is 2.55 bits per heavy atom. The van der Waals surface area contributed by atoms with Gasteiger partial charge in [0.2, 0.25) is 5.91 Å². The molecule has 0 fully saturated rings. The Morgan fingerprint density at radius 2 is 1.84 bits per heavy atom. The van der Waals surface area contributed by atoms with Crippen molar-refractivity contribution >= 4 is 33.1 Å². The maximum Gasteiger partial charge on any atom is 0.263 e. The summed E-state index contributed by atoms with van der Waals surface area (Å²) in [6.07, 6.45) is 0. The predicted octanol–water partition coefficient (Wildman–Crippen LogP) is 4.09. The Kier molecular flexibility index (Phi) is 5.73. The smallest absolute Gasteiger partial charge is 0.263 e. The van der Waals surface area contributed by atoms with E-state index in [0.29, 0.717) is 27.5 Å². The number of thiophene rings is 1. The van der Waals surface area contributed by atoms with Crippen molar-refractivity contribution < 1.29 is 14.3 Å². The number of nitrogens with zero attached hydrogens (tertiary/aromatic N) is 2. The number of aromatic nitrogens is 2. The molecule has 2 aromatic carbocycles. The molecule has 0 aliphatic rings. The zero-order chi connectivity index (χ0) is 22.0. The standard InChI is InChI=1S/C23H21N3O4S/c1-14-24-22-21(17(13-31-22)15-8-10-16(29-2)11-9-15)23(28)26(14)12-20(27)25-18-6-4-5-7-19(18)30-3/h4-11,13H,12H2,1-3H3,(H,25,27). The van der Waals surface area contributed by atoms with Crippen molar-refractivity contribution in [3.8, 4) is 22.6 Å². The van der Waals surface area contributed by atoms with Gasteiger partial charge in [0.05, 0.1) is 25.3 Å². The van der Waals surface area contributed by atoms with E-state index in [9.17, 15) is 9.59 Å². The number of para-hydroxylation sites is 2. The predicted molar refractivity (Wildman–Crippen MR) is 122 cm³/mol. The Hall–Kier alpha value is -3.65. The monoisotopic (exact) mass is 435 g/mol. The molecule has 4 rings (SSSR count). The first-order valence-corrected chi connectivity index (χ1v) is 10.5. The van der Waals surface area contributed by atoms with Crippen molar-refractivity contribution in [3.05, 3.63) is 70.1 Å². The lowest BCUT2D eigenvalue weighted by atomic mass is 10.1. The largest absolute Gasteiger partial charge is 0.497 e. The maximum absolute atomic E-state index is 13.3. The molecule has 7 nitrogen and oxygen atoms in total. The molecule has 158 valence electrons. The average Bonchev–Trinajstić information content (AvgIpc) is 3.21. The lowest BCUT2D eigenvalue weighted by Gasteiger charge is -2.12. The molecule has 0 atom stereocenters. The normalized spacial score (nSPS) is 10.8. The molecule has 0 saturated heterocycles. The first kappa shape index (κ1) is 20.6. The molecule has 2 aromatic heterocycles. The van der Waals surface area contributed by atoms with E-state index in [1.807, 2.05) is 35.7 Å². The third-order valence-electron chi connectivity index (χ3n) is 4.97. The number of aryl methyl sites for hydroxylation is 1. The number of ether oxygens (including phenoxy) is 2. The van der Waals surface area contributed by atoms with Gasteiger partial charge in [-0.05, 0) is 36.8 Å². The first-order valence-electron chi connectivity index (χ1n) is 9.57. The average molecular weight is 436 g/mol. The fourth-order valence-electron chi connectivity index (χ4n) is 3.38. The van der Waals surface area contributed by atoms with Crippen LogP contribution in [0.1, 0.15) is 5.82 Å². The third kappa shape index (κ3) is 4.02. The Bertz CT molecular complexity index is 1310. The summed E-state index contributed by atoms with van der Waals surface area (Å²) in [5.41, 5.74) is 1.98. The highest BCUT2D eigenvalue weighted by molar-refractivity contribution is 7.17. The summed E-state index contributed by atoms with van der Waals surface area (Å²) in [5.74, 6) is 1.43. The zero-order valence-electron chi connectivity index (χ0n) is 17.3. The van der Waals surface area contributed by atoms with Crippen LogP contribution in [0.4, 0.5) is 5.69 Å². The van der Waals surface area contributed by atoms with Gasteiger partial charge >= 0.3 is 0 Å². The van der Waals surface area contributed by atoms with E-state index in [4.69, 9.17) is 9.47 Å². The van der Waals surface area contributed by atoms with Crippen molar-refractivity contribution in [2.24, 2.45) is 0 Å². The van der Waals surface area contributed by atoms with Crippen LogP contribution in [0.5, 0.6) is 11.5 Å². The van der Waals surface area contributed by atoms with Crippen molar-refractivity contribution in [1.29, 1.82) is 0 Å². The van der Waals surface area contributed by atoms with Crippen LogP contribution < -0.4 is 20.3 Å². The van der Waals surface area contributed by atoms with Crippen LogP contribution in [0.25, 0.3) is 21.3 Å². The highest BCUT2D eigenvalue weighted by Crippen LogP contribution is 2.32. The molecule has 0 saturated carbocycles. The van der Waals surface area contributed by atoms with Crippen molar-refractivity contribution in [2.45, 2.75) is 13.5 Å². The number of hydrogen-bond donors (Lipinski definition) is 1. The van der Waals surface area contributed by atoms with Crippen LogP contribution >= 0.6 is 11.3 Å². The van der Waals surface area contributed by atoms with Crippen molar-refractivity contribution in [2.75, 3.05) is 19.5 Å². The lowest BCUT2D eigenvalue weighted by Crippen LogP contribution is -2.30. The van der Waals surface area contributed by atoms with E-state index >= 15 is 0 Å². The molecule has 0 radical (unpaired) electrons. The van der Waals surface area contributed by atoms with Crippen LogP contribution in [-0.2, 0) is 11.3 Å². The Balaban J connectivity index is 1.69. The number of rotatable bonds is 6. The molecule has 1 amide bonds. The molecular weight excluding hydrogens is 414 g/mol. The van der Waals surface area contributed by atoms with Gasteiger partial charge in [-0.25, -0.2) is 4.98 Å². The number of nitrogens with one attached hydrogen (secondary N) is 1. The second-order valence-corrected chi connectivity index (χ2v) is 7.71. The van der Waals surface area contributed by atoms with E-state index in [-0.39, 0.29) is 18.0 Å². The summed E-state index contributed by atoms with van der Waals surface area (Å²) >= 11 is 1.41. The number of hydrogen-bond acceptors (Lipinski definition) is 6. The van der Waals surface area contributed by atoms with Gasteiger partial charge in [0.15, 0.2) is 0 Å². The third-order valence-corrected chi connectivity index (χ3v) is 5.84. The number of anilines is 1. The van der Waals surface area contributed by atoms with Gasteiger partial charge in [-0.3, -0.25) is 14.2 Å². The summed E-state index contributed by atoms with van der Waals surface area (Å²) in [4.78, 5) is 31.2. The van der Waals surface area contributed by atoms with Crippen molar-refractivity contribution in [3.63, 3.8) is 0 Å². The fraction of sp³-hybridized carbons (Fsp3) is 0.174. The second kappa shape index (κ2) is 8.61. The van der Waals surface area contributed by atoms with E-state index < -0.39 is 0 Å². The molecule has 8 heteroatoms. The number of methoxy groups -OCH3 is 2. The number of benzene rings is 2. The SMILES string of the molecule is COc1ccc(-c2csc3nc(C)n(CC(=O)Nc4ccccc4OC)c(=O)c23)cc1. The van der Waals surface area contributed by atoms with Gasteiger partial charge in [0, 0.05) is 10.9 Å². The first-order chi connectivity index (χ1) is 15.0. The molecule has 2 heterocycles. The summed E-state index contributed by atoms with van der Waals surface area (Å²) in [6, 6.07) is 14.6. The Morgan fingerprint density at radius 1 is 1.10 bits per heavy atom. The number of carbonyl (C=O) groups is 1. The molecule has 0 bridgehead atoms. The van der Waals surface area contributed by atoms with Gasteiger partial charge in [-0.1, -0.05) is 24.3 Å². The lowest BCUT2D eigenvalue weighted by molar-refractivity contribution is -0.116. The van der Waals surface area contributed by atoms with E-state index in [1.165, 1.54) is 23.0 Å². The minimum absolute atomic E-state index is 0.149.